The number of carbonyl (C=O) groups is 2. The second-order valence-corrected chi connectivity index (χ2v) is 12.9. The van der Waals surface area contributed by atoms with Crippen molar-refractivity contribution in [3.63, 3.8) is 0 Å². The number of aliphatic carboxylic acids is 1. The van der Waals surface area contributed by atoms with Crippen molar-refractivity contribution >= 4 is 27.7 Å². The molecule has 10 heteroatoms. The molecular weight excluding hydrogens is 509 g/mol. The number of aryl methyl sites for hydroxylation is 1. The molecule has 0 bridgehead atoms. The first-order valence-electron chi connectivity index (χ1n) is 12.9. The maximum Gasteiger partial charge on any atom is 0.319 e. The molecule has 0 aromatic heterocycles. The third-order valence-corrected chi connectivity index (χ3v) is 8.84. The first-order chi connectivity index (χ1) is 17.8. The van der Waals surface area contributed by atoms with Gasteiger partial charge in [0.2, 0.25) is 10.0 Å². The molecule has 1 aliphatic carbocycles. The molecule has 3 rings (SSSR count). The van der Waals surface area contributed by atoms with Crippen molar-refractivity contribution in [1.29, 1.82) is 0 Å². The SMILES string of the molecule is Cc1ccc(NC(=O)NC(c2ccc(S(=O)(=O)NCCC(=O)O)cc2)C2CCC(C(C)(C)C)CC2)cc1F. The van der Waals surface area contributed by atoms with Gasteiger partial charge < -0.3 is 15.7 Å². The van der Waals surface area contributed by atoms with E-state index in [1.54, 1.807) is 31.2 Å². The lowest BCUT2D eigenvalue weighted by Crippen LogP contribution is -2.38. The second-order valence-electron chi connectivity index (χ2n) is 11.1. The average molecular weight is 548 g/mol. The summed E-state index contributed by atoms with van der Waals surface area (Å²) in [6.45, 7) is 8.16. The topological polar surface area (TPSA) is 125 Å². The van der Waals surface area contributed by atoms with Crippen molar-refractivity contribution in [1.82, 2.24) is 10.0 Å². The molecule has 1 atom stereocenters. The predicted molar refractivity (Wildman–Crippen MR) is 145 cm³/mol. The zero-order valence-corrected chi connectivity index (χ0v) is 23.2. The van der Waals surface area contributed by atoms with Crippen LogP contribution in [0.1, 0.15) is 70.0 Å². The lowest BCUT2D eigenvalue weighted by molar-refractivity contribution is -0.136. The van der Waals surface area contributed by atoms with Gasteiger partial charge in [0, 0.05) is 12.2 Å². The summed E-state index contributed by atoms with van der Waals surface area (Å²) in [5, 5.41) is 14.5. The molecule has 2 amide bonds. The third-order valence-electron chi connectivity index (χ3n) is 7.36. The van der Waals surface area contributed by atoms with Crippen LogP contribution in [-0.4, -0.2) is 32.1 Å². The predicted octanol–water partition coefficient (Wildman–Crippen LogP) is 5.60. The van der Waals surface area contributed by atoms with Crippen LogP contribution < -0.4 is 15.4 Å². The third kappa shape index (κ3) is 8.01. The van der Waals surface area contributed by atoms with Gasteiger partial charge in [-0.1, -0.05) is 39.0 Å². The molecule has 208 valence electrons. The van der Waals surface area contributed by atoms with E-state index >= 15 is 0 Å². The first kappa shape index (κ1) is 29.6. The van der Waals surface area contributed by atoms with Crippen molar-refractivity contribution in [2.24, 2.45) is 17.3 Å². The fourth-order valence-electron chi connectivity index (χ4n) is 5.00. The van der Waals surface area contributed by atoms with Crippen LogP contribution in [0.25, 0.3) is 0 Å². The van der Waals surface area contributed by atoms with Gasteiger partial charge in [-0.25, -0.2) is 22.3 Å². The molecule has 1 fully saturated rings. The van der Waals surface area contributed by atoms with Crippen molar-refractivity contribution in [2.75, 3.05) is 11.9 Å². The molecule has 1 aliphatic rings. The summed E-state index contributed by atoms with van der Waals surface area (Å²) in [5.41, 5.74) is 1.79. The Balaban J connectivity index is 1.79. The molecule has 4 N–H and O–H groups in total. The minimum absolute atomic E-state index is 0.0152. The van der Waals surface area contributed by atoms with Crippen LogP contribution in [-0.2, 0) is 14.8 Å². The fourth-order valence-corrected chi connectivity index (χ4v) is 6.03. The molecule has 2 aromatic rings. The normalized spacial score (nSPS) is 19.0. The highest BCUT2D eigenvalue weighted by molar-refractivity contribution is 7.89. The molecule has 38 heavy (non-hydrogen) atoms. The van der Waals surface area contributed by atoms with Gasteiger partial charge in [-0.05, 0) is 85.3 Å². The summed E-state index contributed by atoms with van der Waals surface area (Å²) in [7, 11) is -3.87. The van der Waals surface area contributed by atoms with Gasteiger partial charge in [-0.15, -0.1) is 0 Å². The van der Waals surface area contributed by atoms with E-state index in [-0.39, 0.29) is 35.2 Å². The van der Waals surface area contributed by atoms with Crippen LogP contribution in [0.5, 0.6) is 0 Å². The Morgan fingerprint density at radius 2 is 1.68 bits per heavy atom. The van der Waals surface area contributed by atoms with Gasteiger partial charge in [0.1, 0.15) is 5.82 Å². The molecule has 0 saturated heterocycles. The largest absolute Gasteiger partial charge is 0.481 e. The van der Waals surface area contributed by atoms with Crippen molar-refractivity contribution < 1.29 is 27.5 Å². The number of carboxylic acid groups (broad SMARTS) is 1. The lowest BCUT2D eigenvalue weighted by Gasteiger charge is -2.39. The average Bonchev–Trinajstić information content (AvgIpc) is 2.84. The van der Waals surface area contributed by atoms with E-state index in [0.29, 0.717) is 17.2 Å². The van der Waals surface area contributed by atoms with E-state index in [9.17, 15) is 22.4 Å². The number of hydrogen-bond donors (Lipinski definition) is 4. The van der Waals surface area contributed by atoms with Crippen LogP contribution in [0, 0.1) is 30.0 Å². The molecular formula is C28H38FN3O5S. The first-order valence-corrected chi connectivity index (χ1v) is 14.4. The number of nitrogens with one attached hydrogen (secondary N) is 3. The van der Waals surface area contributed by atoms with Crippen LogP contribution in [0.2, 0.25) is 0 Å². The van der Waals surface area contributed by atoms with Gasteiger partial charge in [0.15, 0.2) is 0 Å². The number of benzene rings is 2. The van der Waals surface area contributed by atoms with Crippen LogP contribution in [0.3, 0.4) is 0 Å². The monoisotopic (exact) mass is 547 g/mol. The van der Waals surface area contributed by atoms with Gasteiger partial charge in [0.25, 0.3) is 0 Å². The maximum absolute atomic E-state index is 14.0. The number of amides is 2. The number of sulfonamides is 1. The van der Waals surface area contributed by atoms with E-state index in [1.165, 1.54) is 18.2 Å². The van der Waals surface area contributed by atoms with Gasteiger partial charge in [-0.3, -0.25) is 4.79 Å². The molecule has 0 heterocycles. The van der Waals surface area contributed by atoms with E-state index in [0.717, 1.165) is 31.2 Å². The second kappa shape index (κ2) is 12.3. The van der Waals surface area contributed by atoms with Crippen molar-refractivity contribution in [3.05, 3.63) is 59.4 Å². The number of carbonyl (C=O) groups excluding carboxylic acids is 1. The van der Waals surface area contributed by atoms with Gasteiger partial charge in [-0.2, -0.15) is 0 Å². The number of anilines is 1. The Labute approximate surface area is 224 Å². The van der Waals surface area contributed by atoms with Gasteiger partial charge in [0.05, 0.1) is 17.4 Å². The Hall–Kier alpha value is -2.98. The number of carboxylic acids is 1. The molecule has 0 radical (unpaired) electrons. The van der Waals surface area contributed by atoms with E-state index in [2.05, 4.69) is 36.1 Å². The Morgan fingerprint density at radius 3 is 2.24 bits per heavy atom. The Bertz CT molecular complexity index is 1230. The van der Waals surface area contributed by atoms with E-state index in [4.69, 9.17) is 5.11 Å². The summed E-state index contributed by atoms with van der Waals surface area (Å²) in [5.74, 6) is -0.781. The van der Waals surface area contributed by atoms with Crippen molar-refractivity contribution in [3.8, 4) is 0 Å². The maximum atomic E-state index is 14.0. The van der Waals surface area contributed by atoms with Crippen LogP contribution >= 0.6 is 0 Å². The number of halogens is 1. The fraction of sp³-hybridized carbons (Fsp3) is 0.500. The highest BCUT2D eigenvalue weighted by Crippen LogP contribution is 2.43. The molecule has 0 aliphatic heterocycles. The van der Waals surface area contributed by atoms with Gasteiger partial charge >= 0.3 is 12.0 Å². The quantitative estimate of drug-likeness (QED) is 0.325. The minimum Gasteiger partial charge on any atom is -0.481 e. The summed E-state index contributed by atoms with van der Waals surface area (Å²) < 4.78 is 41.4. The zero-order valence-electron chi connectivity index (χ0n) is 22.4. The van der Waals surface area contributed by atoms with Crippen molar-refractivity contribution in [2.45, 2.75) is 70.7 Å². The number of rotatable bonds is 9. The molecule has 0 spiro atoms. The van der Waals surface area contributed by atoms with Crippen LogP contribution in [0.4, 0.5) is 14.9 Å². The number of urea groups is 1. The standard InChI is InChI=1S/C28H38FN3O5S/c1-18-5-12-22(17-24(18)29)31-27(35)32-26(19-6-10-21(11-7-19)28(2,3)4)20-8-13-23(14-9-20)38(36,37)30-16-15-25(33)34/h5,8-9,12-14,17,19,21,26,30H,6-7,10-11,15-16H2,1-4H3,(H,33,34)(H2,31,32,35). The van der Waals surface area contributed by atoms with Crippen LogP contribution in [0.15, 0.2) is 47.4 Å². The summed E-state index contributed by atoms with van der Waals surface area (Å²) >= 11 is 0. The zero-order chi connectivity index (χ0) is 28.1. The summed E-state index contributed by atoms with van der Waals surface area (Å²) in [6, 6.07) is 9.94. The lowest BCUT2D eigenvalue weighted by atomic mass is 9.68. The minimum atomic E-state index is -3.87. The van der Waals surface area contributed by atoms with E-state index < -0.39 is 27.8 Å². The Morgan fingerprint density at radius 1 is 1.05 bits per heavy atom. The summed E-state index contributed by atoms with van der Waals surface area (Å²) in [4.78, 5) is 23.7. The molecule has 8 nitrogen and oxygen atoms in total. The molecule has 2 aromatic carbocycles. The highest BCUT2D eigenvalue weighted by atomic mass is 32.2. The van der Waals surface area contributed by atoms with E-state index in [1.807, 2.05) is 0 Å². The molecule has 1 unspecified atom stereocenters. The number of hydrogen-bond acceptors (Lipinski definition) is 4. The Kier molecular flexibility index (Phi) is 9.54. The molecule has 1 saturated carbocycles. The summed E-state index contributed by atoms with van der Waals surface area (Å²) in [6.07, 6.45) is 3.54. The smallest absolute Gasteiger partial charge is 0.319 e. The highest BCUT2D eigenvalue weighted by Gasteiger charge is 2.34.